The maximum Gasteiger partial charge on any atom is 0.142 e. The molecule has 0 fully saturated rings. The summed E-state index contributed by atoms with van der Waals surface area (Å²) < 4.78 is 0. The molecule has 0 N–H and O–H groups in total. The molecule has 1 aromatic heterocycles. The molecule has 0 saturated carbocycles. The fraction of sp³-hybridized carbons (Fsp3) is 0.500. The van der Waals surface area contributed by atoms with Crippen LogP contribution in [-0.4, -0.2) is 18.1 Å². The number of hydrogen-bond donors (Lipinski definition) is 0. The highest BCUT2D eigenvalue weighted by molar-refractivity contribution is 5.41. The van der Waals surface area contributed by atoms with Gasteiger partial charge < -0.3 is 4.90 Å². The molecule has 0 atom stereocenters. The van der Waals surface area contributed by atoms with E-state index in [-0.39, 0.29) is 0 Å². The molecule has 0 aliphatic carbocycles. The van der Waals surface area contributed by atoms with Gasteiger partial charge in [0.25, 0.3) is 0 Å². The summed E-state index contributed by atoms with van der Waals surface area (Å²) in [6.07, 6.45) is 0. The lowest BCUT2D eigenvalue weighted by atomic mass is 10.2. The quantitative estimate of drug-likeness (QED) is 0.754. The molecule has 1 rings (SSSR count). The standard InChI is InChI=1S/C12H17N3/c1-4-15(9-10(2)3)12-7-5-6-11(8-13)14-12/h5-7,10H,4,9H2,1-3H3. The summed E-state index contributed by atoms with van der Waals surface area (Å²) in [7, 11) is 0. The van der Waals surface area contributed by atoms with Crippen LogP contribution in [-0.2, 0) is 0 Å². The molecule has 0 unspecified atom stereocenters. The van der Waals surface area contributed by atoms with Gasteiger partial charge in [0.2, 0.25) is 0 Å². The van der Waals surface area contributed by atoms with Crippen molar-refractivity contribution in [2.24, 2.45) is 5.92 Å². The third-order valence-corrected chi connectivity index (χ3v) is 2.14. The first-order valence-electron chi connectivity index (χ1n) is 5.29. The monoisotopic (exact) mass is 203 g/mol. The Morgan fingerprint density at radius 2 is 2.20 bits per heavy atom. The molecule has 0 saturated heterocycles. The van der Waals surface area contributed by atoms with Crippen molar-refractivity contribution in [2.45, 2.75) is 20.8 Å². The molecule has 0 aliphatic rings. The lowest BCUT2D eigenvalue weighted by Crippen LogP contribution is -2.28. The van der Waals surface area contributed by atoms with Crippen molar-refractivity contribution < 1.29 is 0 Å². The van der Waals surface area contributed by atoms with Crippen molar-refractivity contribution in [1.29, 1.82) is 5.26 Å². The largest absolute Gasteiger partial charge is 0.357 e. The van der Waals surface area contributed by atoms with E-state index < -0.39 is 0 Å². The molecule has 0 spiro atoms. The van der Waals surface area contributed by atoms with Crippen LogP contribution >= 0.6 is 0 Å². The van der Waals surface area contributed by atoms with Crippen LogP contribution in [0, 0.1) is 17.2 Å². The van der Waals surface area contributed by atoms with Crippen LogP contribution in [0.4, 0.5) is 5.82 Å². The second-order valence-corrected chi connectivity index (χ2v) is 3.93. The second-order valence-electron chi connectivity index (χ2n) is 3.93. The van der Waals surface area contributed by atoms with E-state index in [1.165, 1.54) is 0 Å². The third kappa shape index (κ3) is 3.25. The number of nitriles is 1. The van der Waals surface area contributed by atoms with Gasteiger partial charge in [-0.15, -0.1) is 0 Å². The van der Waals surface area contributed by atoms with Crippen molar-refractivity contribution in [1.82, 2.24) is 4.98 Å². The molecular weight excluding hydrogens is 186 g/mol. The SMILES string of the molecule is CCN(CC(C)C)c1cccc(C#N)n1. The fourth-order valence-corrected chi connectivity index (χ4v) is 1.49. The predicted octanol–water partition coefficient (Wildman–Crippen LogP) is 2.44. The molecule has 0 radical (unpaired) electrons. The van der Waals surface area contributed by atoms with E-state index in [4.69, 9.17) is 5.26 Å². The third-order valence-electron chi connectivity index (χ3n) is 2.14. The second kappa shape index (κ2) is 5.35. The fourth-order valence-electron chi connectivity index (χ4n) is 1.49. The van der Waals surface area contributed by atoms with Crippen LogP contribution in [0.5, 0.6) is 0 Å². The average molecular weight is 203 g/mol. The highest BCUT2D eigenvalue weighted by Crippen LogP contribution is 2.12. The smallest absolute Gasteiger partial charge is 0.142 e. The molecule has 0 aliphatic heterocycles. The van der Waals surface area contributed by atoms with Crippen molar-refractivity contribution in [2.75, 3.05) is 18.0 Å². The number of rotatable bonds is 4. The number of hydrogen-bond acceptors (Lipinski definition) is 3. The zero-order valence-corrected chi connectivity index (χ0v) is 9.57. The number of aromatic nitrogens is 1. The zero-order valence-electron chi connectivity index (χ0n) is 9.57. The molecule has 80 valence electrons. The van der Waals surface area contributed by atoms with Gasteiger partial charge >= 0.3 is 0 Å². The van der Waals surface area contributed by atoms with Crippen LogP contribution in [0.2, 0.25) is 0 Å². The predicted molar refractivity (Wildman–Crippen MR) is 61.7 cm³/mol. The average Bonchev–Trinajstić information content (AvgIpc) is 2.25. The minimum Gasteiger partial charge on any atom is -0.357 e. The van der Waals surface area contributed by atoms with Gasteiger partial charge in [0, 0.05) is 13.1 Å². The first-order chi connectivity index (χ1) is 7.17. The minimum atomic E-state index is 0.481. The summed E-state index contributed by atoms with van der Waals surface area (Å²) >= 11 is 0. The number of pyridine rings is 1. The number of anilines is 1. The highest BCUT2D eigenvalue weighted by Gasteiger charge is 2.07. The normalized spacial score (nSPS) is 10.1. The topological polar surface area (TPSA) is 39.9 Å². The van der Waals surface area contributed by atoms with Gasteiger partial charge in [-0.2, -0.15) is 5.26 Å². The van der Waals surface area contributed by atoms with E-state index >= 15 is 0 Å². The Balaban J connectivity index is 2.87. The van der Waals surface area contributed by atoms with Gasteiger partial charge in [-0.05, 0) is 25.0 Å². The molecule has 0 amide bonds. The van der Waals surface area contributed by atoms with Gasteiger partial charge in [-0.1, -0.05) is 19.9 Å². The van der Waals surface area contributed by atoms with Crippen molar-refractivity contribution >= 4 is 5.82 Å². The Morgan fingerprint density at radius 1 is 1.47 bits per heavy atom. The molecule has 3 heteroatoms. The molecule has 15 heavy (non-hydrogen) atoms. The Bertz CT molecular complexity index is 352. The Hall–Kier alpha value is -1.56. The molecular formula is C12H17N3. The summed E-state index contributed by atoms with van der Waals surface area (Å²) in [5.74, 6) is 1.49. The van der Waals surface area contributed by atoms with E-state index in [0.29, 0.717) is 11.6 Å². The van der Waals surface area contributed by atoms with E-state index in [1.807, 2.05) is 12.1 Å². The molecule has 1 aromatic rings. The van der Waals surface area contributed by atoms with Crippen molar-refractivity contribution in [3.05, 3.63) is 23.9 Å². The summed E-state index contributed by atoms with van der Waals surface area (Å²) in [5, 5.41) is 8.77. The van der Waals surface area contributed by atoms with Crippen LogP contribution in [0.25, 0.3) is 0 Å². The van der Waals surface area contributed by atoms with Gasteiger partial charge in [0.1, 0.15) is 17.6 Å². The van der Waals surface area contributed by atoms with Crippen LogP contribution in [0.1, 0.15) is 26.5 Å². The summed E-state index contributed by atoms with van der Waals surface area (Å²) in [5.41, 5.74) is 0.481. The Morgan fingerprint density at radius 3 is 2.73 bits per heavy atom. The Kier molecular flexibility index (Phi) is 4.11. The van der Waals surface area contributed by atoms with Gasteiger partial charge in [-0.25, -0.2) is 4.98 Å². The molecule has 0 bridgehead atoms. The lowest BCUT2D eigenvalue weighted by molar-refractivity contribution is 0.614. The maximum absolute atomic E-state index is 8.77. The summed E-state index contributed by atoms with van der Waals surface area (Å²) in [4.78, 5) is 6.47. The molecule has 3 nitrogen and oxygen atoms in total. The van der Waals surface area contributed by atoms with Crippen molar-refractivity contribution in [3.63, 3.8) is 0 Å². The van der Waals surface area contributed by atoms with Crippen LogP contribution < -0.4 is 4.90 Å². The van der Waals surface area contributed by atoms with Crippen LogP contribution in [0.15, 0.2) is 18.2 Å². The van der Waals surface area contributed by atoms with Crippen LogP contribution in [0.3, 0.4) is 0 Å². The minimum absolute atomic E-state index is 0.481. The lowest BCUT2D eigenvalue weighted by Gasteiger charge is -2.23. The Labute approximate surface area is 91.4 Å². The summed E-state index contributed by atoms with van der Waals surface area (Å²) in [6, 6.07) is 7.62. The van der Waals surface area contributed by atoms with Gasteiger partial charge in [0.05, 0.1) is 0 Å². The first-order valence-corrected chi connectivity index (χ1v) is 5.29. The van der Waals surface area contributed by atoms with Crippen molar-refractivity contribution in [3.8, 4) is 6.07 Å². The molecule has 0 aromatic carbocycles. The van der Waals surface area contributed by atoms with Gasteiger partial charge in [-0.3, -0.25) is 0 Å². The molecule has 1 heterocycles. The maximum atomic E-state index is 8.77. The van der Waals surface area contributed by atoms with E-state index in [9.17, 15) is 0 Å². The van der Waals surface area contributed by atoms with Gasteiger partial charge in [0.15, 0.2) is 0 Å². The first kappa shape index (κ1) is 11.5. The highest BCUT2D eigenvalue weighted by atomic mass is 15.2. The van der Waals surface area contributed by atoms with E-state index in [2.05, 4.69) is 36.7 Å². The number of nitrogens with zero attached hydrogens (tertiary/aromatic N) is 3. The zero-order chi connectivity index (χ0) is 11.3. The van der Waals surface area contributed by atoms with E-state index in [0.717, 1.165) is 18.9 Å². The van der Waals surface area contributed by atoms with E-state index in [1.54, 1.807) is 6.07 Å². The summed E-state index contributed by atoms with van der Waals surface area (Å²) in [6.45, 7) is 8.34.